The molecule has 0 saturated carbocycles. The van der Waals surface area contributed by atoms with Crippen molar-refractivity contribution in [3.8, 4) is 0 Å². The molecule has 1 unspecified atom stereocenters. The fourth-order valence-electron chi connectivity index (χ4n) is 2.05. The first-order valence-electron chi connectivity index (χ1n) is 6.36. The van der Waals surface area contributed by atoms with Gasteiger partial charge in [-0.25, -0.2) is 0 Å². The lowest BCUT2D eigenvalue weighted by molar-refractivity contribution is 0.623. The number of hydrogen-bond acceptors (Lipinski definition) is 2. The Balaban J connectivity index is 2.38. The van der Waals surface area contributed by atoms with Crippen molar-refractivity contribution in [1.29, 1.82) is 0 Å². The molecule has 2 rings (SSSR count). The molecule has 2 aromatic rings. The van der Waals surface area contributed by atoms with Gasteiger partial charge in [0.2, 0.25) is 0 Å². The normalized spacial score (nSPS) is 12.6. The Labute approximate surface area is 127 Å². The van der Waals surface area contributed by atoms with Gasteiger partial charge in [-0.15, -0.1) is 0 Å². The molecule has 0 bridgehead atoms. The molecule has 19 heavy (non-hydrogen) atoms. The van der Waals surface area contributed by atoms with E-state index in [1.165, 1.54) is 5.56 Å². The molecular weight excluding hydrogens is 326 g/mol. The number of nitrogens with one attached hydrogen (secondary N) is 1. The first-order valence-corrected chi connectivity index (χ1v) is 7.53. The van der Waals surface area contributed by atoms with Crippen LogP contribution >= 0.6 is 27.5 Å². The molecule has 0 aliphatic carbocycles. The van der Waals surface area contributed by atoms with Gasteiger partial charge in [-0.05, 0) is 31.2 Å². The van der Waals surface area contributed by atoms with E-state index in [0.717, 1.165) is 28.1 Å². The third-order valence-corrected chi connectivity index (χ3v) is 3.91. The Morgan fingerprint density at radius 1 is 1.42 bits per heavy atom. The average Bonchev–Trinajstić information content (AvgIpc) is 2.85. The summed E-state index contributed by atoms with van der Waals surface area (Å²) in [6, 6.07) is 6.00. The summed E-state index contributed by atoms with van der Waals surface area (Å²) in [5, 5.41) is 8.56. The van der Waals surface area contributed by atoms with Crippen molar-refractivity contribution in [2.45, 2.75) is 26.4 Å². The molecule has 1 aromatic carbocycles. The molecule has 1 atom stereocenters. The maximum atomic E-state index is 6.00. The van der Waals surface area contributed by atoms with E-state index in [4.69, 9.17) is 11.6 Å². The van der Waals surface area contributed by atoms with Crippen molar-refractivity contribution < 1.29 is 0 Å². The monoisotopic (exact) mass is 341 g/mol. The van der Waals surface area contributed by atoms with Crippen molar-refractivity contribution in [3.63, 3.8) is 0 Å². The molecule has 0 spiro atoms. The summed E-state index contributed by atoms with van der Waals surface area (Å²) in [4.78, 5) is 0. The van der Waals surface area contributed by atoms with Crippen molar-refractivity contribution in [2.75, 3.05) is 6.54 Å². The lowest BCUT2D eigenvalue weighted by Crippen LogP contribution is -2.22. The molecule has 3 nitrogen and oxygen atoms in total. The molecule has 5 heteroatoms. The molecule has 0 amide bonds. The fourth-order valence-corrected chi connectivity index (χ4v) is 2.96. The summed E-state index contributed by atoms with van der Waals surface area (Å²) < 4.78 is 2.94. The Morgan fingerprint density at radius 3 is 2.79 bits per heavy atom. The maximum absolute atomic E-state index is 6.00. The molecule has 102 valence electrons. The minimum absolute atomic E-state index is 0.122. The van der Waals surface area contributed by atoms with Crippen LogP contribution in [0.25, 0.3) is 0 Å². The summed E-state index contributed by atoms with van der Waals surface area (Å²) in [5.41, 5.74) is 2.33. The highest BCUT2D eigenvalue weighted by molar-refractivity contribution is 9.10. The molecule has 1 heterocycles. The van der Waals surface area contributed by atoms with E-state index in [1.807, 2.05) is 29.1 Å². The minimum atomic E-state index is 0.122. The van der Waals surface area contributed by atoms with E-state index in [-0.39, 0.29) is 6.04 Å². The fraction of sp³-hybridized carbons (Fsp3) is 0.357. The van der Waals surface area contributed by atoms with Gasteiger partial charge in [-0.3, -0.25) is 4.68 Å². The van der Waals surface area contributed by atoms with Crippen LogP contribution in [0, 0.1) is 0 Å². The number of benzene rings is 1. The van der Waals surface area contributed by atoms with E-state index in [0.29, 0.717) is 0 Å². The molecule has 0 aliphatic rings. The molecule has 0 aliphatic heterocycles. The second-order valence-electron chi connectivity index (χ2n) is 4.29. The summed E-state index contributed by atoms with van der Waals surface area (Å²) >= 11 is 9.59. The Morgan fingerprint density at radius 2 is 2.21 bits per heavy atom. The standard InChI is InChI=1S/C14H17BrClN3/c1-3-17-14(10-8-18-19(4-2)9-10)12-6-5-11(16)7-13(12)15/h5-9,14,17H,3-4H2,1-2H3. The first kappa shape index (κ1) is 14.6. The van der Waals surface area contributed by atoms with Crippen molar-refractivity contribution in [3.05, 3.63) is 51.2 Å². The van der Waals surface area contributed by atoms with Crippen LogP contribution in [0.1, 0.15) is 31.0 Å². The van der Waals surface area contributed by atoms with Crippen molar-refractivity contribution >= 4 is 27.5 Å². The van der Waals surface area contributed by atoms with E-state index in [2.05, 4.69) is 46.4 Å². The Hall–Kier alpha value is -0.840. The van der Waals surface area contributed by atoms with Gasteiger partial charge in [0, 0.05) is 27.8 Å². The molecule has 0 fully saturated rings. The first-order chi connectivity index (χ1) is 9.15. The predicted molar refractivity (Wildman–Crippen MR) is 82.6 cm³/mol. The summed E-state index contributed by atoms with van der Waals surface area (Å²) in [7, 11) is 0. The van der Waals surface area contributed by atoms with Crippen LogP contribution in [0.5, 0.6) is 0 Å². The highest BCUT2D eigenvalue weighted by Crippen LogP contribution is 2.30. The van der Waals surface area contributed by atoms with Gasteiger partial charge in [0.05, 0.1) is 12.2 Å². The Kier molecular flexibility index (Phi) is 5.02. The summed E-state index contributed by atoms with van der Waals surface area (Å²) in [6.45, 7) is 5.94. The van der Waals surface area contributed by atoms with Crippen LogP contribution in [-0.2, 0) is 6.54 Å². The molecular formula is C14H17BrClN3. The van der Waals surface area contributed by atoms with E-state index >= 15 is 0 Å². The third-order valence-electron chi connectivity index (χ3n) is 2.99. The number of nitrogens with zero attached hydrogens (tertiary/aromatic N) is 2. The van der Waals surface area contributed by atoms with Crippen LogP contribution in [0.3, 0.4) is 0 Å². The molecule has 1 N–H and O–H groups in total. The second kappa shape index (κ2) is 6.55. The van der Waals surface area contributed by atoms with Gasteiger partial charge in [0.15, 0.2) is 0 Å². The van der Waals surface area contributed by atoms with E-state index in [1.54, 1.807) is 0 Å². The van der Waals surface area contributed by atoms with Crippen LogP contribution < -0.4 is 5.32 Å². The highest BCUT2D eigenvalue weighted by atomic mass is 79.9. The predicted octanol–water partition coefficient (Wildman–Crippen LogP) is 4.02. The van der Waals surface area contributed by atoms with Crippen LogP contribution in [0.15, 0.2) is 35.1 Å². The second-order valence-corrected chi connectivity index (χ2v) is 5.58. The highest BCUT2D eigenvalue weighted by Gasteiger charge is 2.17. The molecule has 0 radical (unpaired) electrons. The quantitative estimate of drug-likeness (QED) is 0.889. The van der Waals surface area contributed by atoms with Gasteiger partial charge in [0.25, 0.3) is 0 Å². The largest absolute Gasteiger partial charge is 0.306 e. The van der Waals surface area contributed by atoms with Crippen molar-refractivity contribution in [1.82, 2.24) is 15.1 Å². The SMILES string of the molecule is CCNC(c1cnn(CC)c1)c1ccc(Cl)cc1Br. The molecule has 1 aromatic heterocycles. The number of rotatable bonds is 5. The summed E-state index contributed by atoms with van der Waals surface area (Å²) in [5.74, 6) is 0. The average molecular weight is 343 g/mol. The van der Waals surface area contributed by atoms with Crippen molar-refractivity contribution in [2.24, 2.45) is 0 Å². The van der Waals surface area contributed by atoms with E-state index < -0.39 is 0 Å². The van der Waals surface area contributed by atoms with Gasteiger partial charge in [-0.1, -0.05) is 40.5 Å². The minimum Gasteiger partial charge on any atom is -0.306 e. The maximum Gasteiger partial charge on any atom is 0.0618 e. The Bertz CT molecular complexity index is 553. The topological polar surface area (TPSA) is 29.9 Å². The number of halogens is 2. The smallest absolute Gasteiger partial charge is 0.0618 e. The van der Waals surface area contributed by atoms with Gasteiger partial charge in [-0.2, -0.15) is 5.10 Å². The summed E-state index contributed by atoms with van der Waals surface area (Å²) in [6.07, 6.45) is 3.99. The van der Waals surface area contributed by atoms with Gasteiger partial charge >= 0.3 is 0 Å². The van der Waals surface area contributed by atoms with E-state index in [9.17, 15) is 0 Å². The third kappa shape index (κ3) is 3.38. The lowest BCUT2D eigenvalue weighted by Gasteiger charge is -2.18. The van der Waals surface area contributed by atoms with Gasteiger partial charge in [0.1, 0.15) is 0 Å². The lowest BCUT2D eigenvalue weighted by atomic mass is 10.0. The zero-order valence-corrected chi connectivity index (χ0v) is 13.4. The van der Waals surface area contributed by atoms with Crippen LogP contribution in [-0.4, -0.2) is 16.3 Å². The molecule has 0 saturated heterocycles. The number of aromatic nitrogens is 2. The zero-order chi connectivity index (χ0) is 13.8. The van der Waals surface area contributed by atoms with Crippen LogP contribution in [0.2, 0.25) is 5.02 Å². The zero-order valence-electron chi connectivity index (χ0n) is 11.0. The van der Waals surface area contributed by atoms with Crippen LogP contribution in [0.4, 0.5) is 0 Å². The number of hydrogen-bond donors (Lipinski definition) is 1. The number of aryl methyl sites for hydroxylation is 1. The van der Waals surface area contributed by atoms with Gasteiger partial charge < -0.3 is 5.32 Å².